The molecule has 2 aromatic heterocycles. The number of aliphatic hydroxyl groups excluding tert-OH is 1. The quantitative estimate of drug-likeness (QED) is 0.138. The van der Waals surface area contributed by atoms with Gasteiger partial charge in [-0.25, -0.2) is 19.6 Å². The summed E-state index contributed by atoms with van der Waals surface area (Å²) in [6, 6.07) is 2.56. The average Bonchev–Trinajstić information content (AvgIpc) is 2.94. The third-order valence-corrected chi connectivity index (χ3v) is 6.55. The summed E-state index contributed by atoms with van der Waals surface area (Å²) in [5, 5.41) is 29.9. The van der Waals surface area contributed by atoms with Crippen LogP contribution in [-0.4, -0.2) is 96.5 Å². The number of hydrogen-bond acceptors (Lipinski definition) is 12. The highest BCUT2D eigenvalue weighted by atomic mass is 79.9. The lowest BCUT2D eigenvalue weighted by molar-refractivity contribution is -0.386. The number of rotatable bonds is 10. The van der Waals surface area contributed by atoms with E-state index in [0.29, 0.717) is 15.5 Å². The smallest absolute Gasteiger partial charge is 0.410 e. The Kier molecular flexibility index (Phi) is 19.6. The number of carbonyl (C=O) groups is 2. The number of nitrogens with zero attached hydrogens (tertiary/aromatic N) is 6. The van der Waals surface area contributed by atoms with Crippen LogP contribution in [0.15, 0.2) is 33.5 Å². The number of ether oxygens (including phenoxy) is 3. The van der Waals surface area contributed by atoms with Crippen molar-refractivity contribution in [1.29, 1.82) is 0 Å². The fourth-order valence-corrected chi connectivity index (χ4v) is 4.12. The largest absolute Gasteiger partial charge is 0.471 e. The van der Waals surface area contributed by atoms with Gasteiger partial charge in [0.05, 0.1) is 23.0 Å². The summed E-state index contributed by atoms with van der Waals surface area (Å²) in [5.41, 5.74) is -1.52. The molecule has 19 heteroatoms. The zero-order valence-electron chi connectivity index (χ0n) is 29.2. The highest BCUT2D eigenvalue weighted by molar-refractivity contribution is 9.10. The minimum Gasteiger partial charge on any atom is -0.471 e. The van der Waals surface area contributed by atoms with Crippen molar-refractivity contribution in [2.24, 2.45) is 0 Å². The van der Waals surface area contributed by atoms with Gasteiger partial charge in [0, 0.05) is 52.1 Å². The Morgan fingerprint density at radius 3 is 1.61 bits per heavy atom. The van der Waals surface area contributed by atoms with E-state index >= 15 is 0 Å². The molecule has 0 aromatic carbocycles. The standard InChI is InChI=1S/C15H22BrN3O5.C10H21NO3.C5H2BrClN2O2/c1-10(2)18(14(20)24-15(3,4)5)6-7-23-13-12(19(21)22)8-11(16)9-17-13;1-8(2)11(6-7-12)9(13)14-10(3,4)5;6-3-1-4(9(10)11)5(7)8-2-3/h8-10H,6-7H2,1-5H3;8,12H,6-7H2,1-5H3;1-2H. The number of aromatic nitrogens is 2. The molecule has 49 heavy (non-hydrogen) atoms. The van der Waals surface area contributed by atoms with Crippen LogP contribution in [0.25, 0.3) is 0 Å². The third kappa shape index (κ3) is 18.8. The van der Waals surface area contributed by atoms with Crippen molar-refractivity contribution >= 4 is 67.0 Å². The zero-order chi connectivity index (χ0) is 38.3. The topological polar surface area (TPSA) is 201 Å². The molecule has 2 aromatic rings. The monoisotopic (exact) mass is 842 g/mol. The van der Waals surface area contributed by atoms with Crippen molar-refractivity contribution in [2.75, 3.05) is 26.3 Å². The first-order valence-corrected chi connectivity index (χ1v) is 16.8. The molecule has 0 spiro atoms. The molecule has 276 valence electrons. The Morgan fingerprint density at radius 1 is 0.837 bits per heavy atom. The third-order valence-electron chi connectivity index (χ3n) is 5.39. The Bertz CT molecular complexity index is 1400. The lowest BCUT2D eigenvalue weighted by Gasteiger charge is -2.29. The van der Waals surface area contributed by atoms with Crippen LogP contribution < -0.4 is 4.74 Å². The molecular weight excluding hydrogens is 800 g/mol. The Morgan fingerprint density at radius 2 is 1.24 bits per heavy atom. The number of pyridine rings is 2. The van der Waals surface area contributed by atoms with Gasteiger partial charge in [0.1, 0.15) is 17.8 Å². The van der Waals surface area contributed by atoms with Gasteiger partial charge in [0.25, 0.3) is 5.88 Å². The molecule has 0 unspecified atom stereocenters. The van der Waals surface area contributed by atoms with E-state index in [1.165, 1.54) is 34.3 Å². The molecule has 0 aliphatic carbocycles. The van der Waals surface area contributed by atoms with Crippen molar-refractivity contribution < 1.29 is 38.8 Å². The first kappa shape index (κ1) is 45.6. The highest BCUT2D eigenvalue weighted by Gasteiger charge is 2.25. The molecule has 0 bridgehead atoms. The lowest BCUT2D eigenvalue weighted by atomic mass is 10.2. The summed E-state index contributed by atoms with van der Waals surface area (Å²) >= 11 is 11.6. The molecule has 2 rings (SSSR count). The fourth-order valence-electron chi connectivity index (χ4n) is 3.31. The Labute approximate surface area is 308 Å². The van der Waals surface area contributed by atoms with Gasteiger partial charge >= 0.3 is 23.6 Å². The molecule has 16 nitrogen and oxygen atoms in total. The van der Waals surface area contributed by atoms with Crippen LogP contribution in [0.1, 0.15) is 69.2 Å². The van der Waals surface area contributed by atoms with E-state index in [9.17, 15) is 29.8 Å². The molecule has 0 saturated carbocycles. The van der Waals surface area contributed by atoms with Gasteiger partial charge in [0.2, 0.25) is 5.15 Å². The van der Waals surface area contributed by atoms with Crippen LogP contribution in [0.5, 0.6) is 5.88 Å². The number of carbonyl (C=O) groups excluding carboxylic acids is 2. The molecule has 0 aliphatic heterocycles. The van der Waals surface area contributed by atoms with E-state index in [2.05, 4.69) is 41.8 Å². The number of hydrogen-bond donors (Lipinski definition) is 1. The second-order valence-corrected chi connectivity index (χ2v) is 14.8. The number of nitro groups is 2. The van der Waals surface area contributed by atoms with Crippen LogP contribution in [0.2, 0.25) is 5.15 Å². The summed E-state index contributed by atoms with van der Waals surface area (Å²) in [5.74, 6) is -0.0869. The van der Waals surface area contributed by atoms with E-state index < -0.39 is 27.1 Å². The van der Waals surface area contributed by atoms with Gasteiger partial charge < -0.3 is 29.1 Å². The fraction of sp³-hybridized carbons (Fsp3) is 0.600. The highest BCUT2D eigenvalue weighted by Crippen LogP contribution is 2.27. The minimum absolute atomic E-state index is 0.0389. The van der Waals surface area contributed by atoms with Crippen LogP contribution in [0.4, 0.5) is 21.0 Å². The molecule has 0 radical (unpaired) electrons. The van der Waals surface area contributed by atoms with E-state index in [1.54, 1.807) is 20.8 Å². The maximum absolute atomic E-state index is 12.2. The van der Waals surface area contributed by atoms with Gasteiger partial charge in [-0.05, 0) is 101 Å². The molecule has 0 atom stereocenters. The first-order chi connectivity index (χ1) is 22.4. The second kappa shape index (κ2) is 21.0. The maximum Gasteiger partial charge on any atom is 0.410 e. The van der Waals surface area contributed by atoms with Crippen molar-refractivity contribution in [3.8, 4) is 5.88 Å². The normalized spacial score (nSPS) is 11.0. The van der Waals surface area contributed by atoms with Crippen molar-refractivity contribution in [2.45, 2.75) is 92.5 Å². The average molecular weight is 845 g/mol. The van der Waals surface area contributed by atoms with Crippen LogP contribution in [0, 0.1) is 20.2 Å². The summed E-state index contributed by atoms with van der Waals surface area (Å²) in [6.45, 7) is 18.9. The van der Waals surface area contributed by atoms with Crippen LogP contribution >= 0.6 is 43.5 Å². The first-order valence-electron chi connectivity index (χ1n) is 14.9. The van der Waals surface area contributed by atoms with E-state index in [-0.39, 0.29) is 60.3 Å². The molecule has 2 amide bonds. The lowest BCUT2D eigenvalue weighted by Crippen LogP contribution is -2.43. The summed E-state index contributed by atoms with van der Waals surface area (Å²) in [7, 11) is 0. The molecule has 0 aliphatic rings. The summed E-state index contributed by atoms with van der Waals surface area (Å²) < 4.78 is 16.9. The van der Waals surface area contributed by atoms with Gasteiger partial charge in [-0.1, -0.05) is 11.6 Å². The molecular formula is C30H45Br2ClN6O10. The maximum atomic E-state index is 12.2. The van der Waals surface area contributed by atoms with Crippen molar-refractivity contribution in [3.63, 3.8) is 0 Å². The number of halogens is 3. The summed E-state index contributed by atoms with van der Waals surface area (Å²) in [4.78, 5) is 54.3. The Balaban J connectivity index is 0.000000778. The summed E-state index contributed by atoms with van der Waals surface area (Å²) in [6.07, 6.45) is 1.98. The second-order valence-electron chi connectivity index (χ2n) is 12.6. The van der Waals surface area contributed by atoms with Crippen LogP contribution in [-0.2, 0) is 9.47 Å². The van der Waals surface area contributed by atoms with E-state index in [0.717, 1.165) is 0 Å². The molecule has 1 N–H and O–H groups in total. The Hall–Kier alpha value is -3.35. The van der Waals surface area contributed by atoms with Gasteiger partial charge in [0.15, 0.2) is 0 Å². The van der Waals surface area contributed by atoms with E-state index in [1.807, 2.05) is 48.5 Å². The predicted molar refractivity (Wildman–Crippen MR) is 191 cm³/mol. The molecule has 2 heterocycles. The van der Waals surface area contributed by atoms with Gasteiger partial charge in [-0.3, -0.25) is 20.2 Å². The van der Waals surface area contributed by atoms with Crippen molar-refractivity contribution in [1.82, 2.24) is 19.8 Å². The van der Waals surface area contributed by atoms with Crippen LogP contribution in [0.3, 0.4) is 0 Å². The SMILES string of the molecule is CC(C)N(CCO)C(=O)OC(C)(C)C.CC(C)N(CCOc1ncc(Br)cc1[N+](=O)[O-])C(=O)OC(C)(C)C.O=[N+]([O-])c1cc(Br)cnc1Cl. The number of amides is 2. The molecule has 0 saturated heterocycles. The predicted octanol–water partition coefficient (Wildman–Crippen LogP) is 7.81. The van der Waals surface area contributed by atoms with Gasteiger partial charge in [-0.2, -0.15) is 0 Å². The molecule has 0 fully saturated rings. The van der Waals surface area contributed by atoms with Gasteiger partial charge in [-0.15, -0.1) is 0 Å². The minimum atomic E-state index is -0.600. The van der Waals surface area contributed by atoms with E-state index in [4.69, 9.17) is 30.9 Å². The number of aliphatic hydroxyl groups is 1. The van der Waals surface area contributed by atoms with Crippen molar-refractivity contribution in [3.05, 3.63) is 58.9 Å². The zero-order valence-corrected chi connectivity index (χ0v) is 33.2.